The summed E-state index contributed by atoms with van der Waals surface area (Å²) in [5.74, 6) is 0.806. The lowest BCUT2D eigenvalue weighted by atomic mass is 9.82. The quantitative estimate of drug-likeness (QED) is 0.592. The van der Waals surface area contributed by atoms with Gasteiger partial charge in [-0.1, -0.05) is 63.4 Å². The van der Waals surface area contributed by atoms with Gasteiger partial charge < -0.3 is 10.6 Å². The zero-order chi connectivity index (χ0) is 24.2. The molecule has 6 heteroatoms. The van der Waals surface area contributed by atoms with Crippen molar-refractivity contribution >= 4 is 17.6 Å². The second kappa shape index (κ2) is 10.1. The van der Waals surface area contributed by atoms with Crippen molar-refractivity contribution in [3.63, 3.8) is 0 Å². The molecule has 1 fully saturated rings. The van der Waals surface area contributed by atoms with Gasteiger partial charge in [-0.05, 0) is 52.0 Å². The van der Waals surface area contributed by atoms with Crippen molar-refractivity contribution in [2.75, 3.05) is 5.32 Å². The fourth-order valence-electron chi connectivity index (χ4n) is 4.54. The number of carbonyl (C=O) groups is 2. The molecule has 1 aliphatic rings. The van der Waals surface area contributed by atoms with Crippen LogP contribution in [-0.2, 0) is 20.5 Å². The second-order valence-corrected chi connectivity index (χ2v) is 11.0. The first-order valence-electron chi connectivity index (χ1n) is 12.3. The Balaban J connectivity index is 1.73. The van der Waals surface area contributed by atoms with Crippen molar-refractivity contribution in [3.8, 4) is 0 Å². The van der Waals surface area contributed by atoms with Crippen LogP contribution in [0.25, 0.3) is 0 Å². The van der Waals surface area contributed by atoms with E-state index in [1.54, 1.807) is 6.92 Å². The first-order chi connectivity index (χ1) is 15.5. The zero-order valence-corrected chi connectivity index (χ0v) is 21.1. The molecule has 2 amide bonds. The maximum absolute atomic E-state index is 13.0. The number of nitrogens with zero attached hydrogens (tertiary/aromatic N) is 2. The van der Waals surface area contributed by atoms with E-state index < -0.39 is 6.04 Å². The SMILES string of the molecule is CC(NC(=O)CC1CCCCC1)C(=O)Nc1cc(C(C)(C)c2ccccc2)nn1C(C)(C)C. The molecule has 2 aromatic rings. The minimum atomic E-state index is -0.616. The molecule has 1 saturated carbocycles. The number of carbonyl (C=O) groups excluding carboxylic acids is 2. The summed E-state index contributed by atoms with van der Waals surface area (Å²) in [4.78, 5) is 25.5. The van der Waals surface area contributed by atoms with Gasteiger partial charge in [-0.25, -0.2) is 4.68 Å². The maximum Gasteiger partial charge on any atom is 0.247 e. The number of benzene rings is 1. The number of hydrogen-bond donors (Lipinski definition) is 2. The third kappa shape index (κ3) is 6.24. The van der Waals surface area contributed by atoms with Crippen LogP contribution in [0.1, 0.15) is 91.3 Å². The Labute approximate surface area is 198 Å². The van der Waals surface area contributed by atoms with Crippen LogP contribution in [0, 0.1) is 5.92 Å². The van der Waals surface area contributed by atoms with Crippen molar-refractivity contribution in [1.29, 1.82) is 0 Å². The standard InChI is InChI=1S/C27H40N4O2/c1-19(28-24(32)17-20-13-9-7-10-14-20)25(33)29-23-18-22(30-31(23)26(2,3)4)27(5,6)21-15-11-8-12-16-21/h8,11-12,15-16,18-20H,7,9-10,13-14,17H2,1-6H3,(H,28,32)(H,29,33). The predicted octanol–water partition coefficient (Wildman–Crippen LogP) is 5.38. The number of aromatic nitrogens is 2. The van der Waals surface area contributed by atoms with E-state index in [0.717, 1.165) is 24.1 Å². The summed E-state index contributed by atoms with van der Waals surface area (Å²) in [7, 11) is 0. The topological polar surface area (TPSA) is 76.0 Å². The van der Waals surface area contributed by atoms with Gasteiger partial charge in [-0.2, -0.15) is 5.10 Å². The van der Waals surface area contributed by atoms with Gasteiger partial charge in [0.15, 0.2) is 0 Å². The zero-order valence-electron chi connectivity index (χ0n) is 21.1. The summed E-state index contributed by atoms with van der Waals surface area (Å²) in [6.45, 7) is 12.2. The first kappa shape index (κ1) is 25.0. The van der Waals surface area contributed by atoms with Gasteiger partial charge in [-0.3, -0.25) is 9.59 Å². The van der Waals surface area contributed by atoms with E-state index in [2.05, 4.69) is 57.4 Å². The molecule has 1 unspecified atom stereocenters. The highest BCUT2D eigenvalue weighted by Crippen LogP contribution is 2.34. The van der Waals surface area contributed by atoms with Crippen molar-refractivity contribution in [1.82, 2.24) is 15.1 Å². The molecular formula is C27H40N4O2. The molecule has 1 aliphatic carbocycles. The highest BCUT2D eigenvalue weighted by atomic mass is 16.2. The molecule has 1 aromatic heterocycles. The minimum absolute atomic E-state index is 0.0419. The molecule has 180 valence electrons. The molecule has 6 nitrogen and oxygen atoms in total. The van der Waals surface area contributed by atoms with Crippen molar-refractivity contribution in [2.45, 2.75) is 97.1 Å². The highest BCUT2D eigenvalue weighted by molar-refractivity contribution is 5.96. The van der Waals surface area contributed by atoms with E-state index in [1.165, 1.54) is 19.3 Å². The first-order valence-corrected chi connectivity index (χ1v) is 12.3. The summed E-state index contributed by atoms with van der Waals surface area (Å²) >= 11 is 0. The Kier molecular flexibility index (Phi) is 7.65. The van der Waals surface area contributed by atoms with E-state index in [1.807, 2.05) is 28.9 Å². The summed E-state index contributed by atoms with van der Waals surface area (Å²) in [5, 5.41) is 10.8. The molecule has 0 aliphatic heterocycles. The van der Waals surface area contributed by atoms with Crippen molar-refractivity contribution in [3.05, 3.63) is 47.7 Å². The average molecular weight is 453 g/mol. The number of amides is 2. The fourth-order valence-corrected chi connectivity index (χ4v) is 4.54. The lowest BCUT2D eigenvalue weighted by molar-refractivity contribution is -0.127. The van der Waals surface area contributed by atoms with Gasteiger partial charge in [-0.15, -0.1) is 0 Å². The van der Waals surface area contributed by atoms with Gasteiger partial charge in [0.2, 0.25) is 11.8 Å². The molecule has 3 rings (SSSR count). The van der Waals surface area contributed by atoms with Gasteiger partial charge in [0, 0.05) is 17.9 Å². The number of rotatable bonds is 7. The van der Waals surface area contributed by atoms with E-state index in [-0.39, 0.29) is 22.8 Å². The van der Waals surface area contributed by atoms with Crippen molar-refractivity contribution in [2.24, 2.45) is 5.92 Å². The Hall–Kier alpha value is -2.63. The number of nitrogens with one attached hydrogen (secondary N) is 2. The molecule has 0 spiro atoms. The molecule has 33 heavy (non-hydrogen) atoms. The molecule has 1 heterocycles. The van der Waals surface area contributed by atoms with E-state index >= 15 is 0 Å². The van der Waals surface area contributed by atoms with Crippen LogP contribution in [0.2, 0.25) is 0 Å². The lowest BCUT2D eigenvalue weighted by Crippen LogP contribution is -2.42. The highest BCUT2D eigenvalue weighted by Gasteiger charge is 2.31. The third-order valence-corrected chi connectivity index (χ3v) is 6.70. The Morgan fingerprint density at radius 1 is 1.06 bits per heavy atom. The van der Waals surface area contributed by atoms with E-state index in [0.29, 0.717) is 18.2 Å². The fraction of sp³-hybridized carbons (Fsp3) is 0.593. The van der Waals surface area contributed by atoms with Crippen LogP contribution in [0.3, 0.4) is 0 Å². The number of hydrogen-bond acceptors (Lipinski definition) is 3. The number of anilines is 1. The average Bonchev–Trinajstić information content (AvgIpc) is 3.20. The normalized spacial score (nSPS) is 16.3. The smallest absolute Gasteiger partial charge is 0.247 e. The second-order valence-electron chi connectivity index (χ2n) is 11.0. The van der Waals surface area contributed by atoms with Gasteiger partial charge in [0.1, 0.15) is 11.9 Å². The van der Waals surface area contributed by atoms with Crippen LogP contribution in [0.4, 0.5) is 5.82 Å². The third-order valence-electron chi connectivity index (χ3n) is 6.70. The van der Waals surface area contributed by atoms with Gasteiger partial charge >= 0.3 is 0 Å². The summed E-state index contributed by atoms with van der Waals surface area (Å²) in [5.41, 5.74) is 1.40. The molecular weight excluding hydrogens is 412 g/mol. The van der Waals surface area contributed by atoms with Crippen LogP contribution >= 0.6 is 0 Å². The van der Waals surface area contributed by atoms with Gasteiger partial charge in [0.25, 0.3) is 0 Å². The van der Waals surface area contributed by atoms with Crippen LogP contribution in [0.5, 0.6) is 0 Å². The molecule has 1 atom stereocenters. The van der Waals surface area contributed by atoms with Crippen LogP contribution < -0.4 is 10.6 Å². The summed E-state index contributed by atoms with van der Waals surface area (Å²) in [6.07, 6.45) is 6.39. The largest absolute Gasteiger partial charge is 0.345 e. The molecule has 1 aromatic carbocycles. The molecule has 0 radical (unpaired) electrons. The molecule has 0 bridgehead atoms. The Morgan fingerprint density at radius 2 is 1.70 bits per heavy atom. The predicted molar refractivity (Wildman–Crippen MR) is 133 cm³/mol. The van der Waals surface area contributed by atoms with E-state index in [9.17, 15) is 9.59 Å². The van der Waals surface area contributed by atoms with Crippen LogP contribution in [0.15, 0.2) is 36.4 Å². The maximum atomic E-state index is 13.0. The lowest BCUT2D eigenvalue weighted by Gasteiger charge is -2.25. The van der Waals surface area contributed by atoms with E-state index in [4.69, 9.17) is 5.10 Å². The molecule has 2 N–H and O–H groups in total. The Bertz CT molecular complexity index is 950. The van der Waals surface area contributed by atoms with Gasteiger partial charge in [0.05, 0.1) is 11.2 Å². The summed E-state index contributed by atoms with van der Waals surface area (Å²) < 4.78 is 1.86. The summed E-state index contributed by atoms with van der Waals surface area (Å²) in [6, 6.07) is 11.6. The van der Waals surface area contributed by atoms with Crippen LogP contribution in [-0.4, -0.2) is 27.6 Å². The minimum Gasteiger partial charge on any atom is -0.345 e. The molecule has 0 saturated heterocycles. The monoisotopic (exact) mass is 452 g/mol. The van der Waals surface area contributed by atoms with Crippen molar-refractivity contribution < 1.29 is 9.59 Å². The Morgan fingerprint density at radius 3 is 2.30 bits per heavy atom.